The van der Waals surface area contributed by atoms with Crippen molar-refractivity contribution in [1.29, 1.82) is 0 Å². The van der Waals surface area contributed by atoms with Gasteiger partial charge in [-0.05, 0) is 37.5 Å². The number of furan rings is 1. The largest absolute Gasteiger partial charge is 0.455 e. The number of carbonyl (C=O) groups excluding carboxylic acids is 1. The molecule has 3 aromatic heterocycles. The molecule has 0 unspecified atom stereocenters. The lowest BCUT2D eigenvalue weighted by Crippen LogP contribution is -2.23. The van der Waals surface area contributed by atoms with Gasteiger partial charge < -0.3 is 9.73 Å². The zero-order chi connectivity index (χ0) is 17.4. The SMILES string of the molecule is CCn1cc2c(n1)-c1c(oc(C(=O)NCc3cccnc3)c1C)CC2. The fraction of sp³-hybridized carbons (Fsp3) is 0.316. The number of aromatic nitrogens is 3. The molecular formula is C19H20N4O2. The molecule has 0 saturated carbocycles. The van der Waals surface area contributed by atoms with E-state index in [1.165, 1.54) is 5.56 Å². The van der Waals surface area contributed by atoms with E-state index < -0.39 is 0 Å². The van der Waals surface area contributed by atoms with Crippen LogP contribution in [0.4, 0.5) is 0 Å². The lowest BCUT2D eigenvalue weighted by molar-refractivity contribution is 0.0920. The van der Waals surface area contributed by atoms with E-state index in [-0.39, 0.29) is 5.91 Å². The zero-order valence-electron chi connectivity index (χ0n) is 14.4. The highest BCUT2D eigenvalue weighted by atomic mass is 16.4. The first kappa shape index (κ1) is 15.6. The number of pyridine rings is 1. The van der Waals surface area contributed by atoms with Crippen LogP contribution in [-0.4, -0.2) is 20.7 Å². The van der Waals surface area contributed by atoms with E-state index in [4.69, 9.17) is 4.42 Å². The molecule has 6 nitrogen and oxygen atoms in total. The monoisotopic (exact) mass is 336 g/mol. The smallest absolute Gasteiger partial charge is 0.287 e. The van der Waals surface area contributed by atoms with Crippen molar-refractivity contribution in [2.45, 2.75) is 39.8 Å². The van der Waals surface area contributed by atoms with Gasteiger partial charge in [-0.1, -0.05) is 6.07 Å². The molecule has 0 aliphatic heterocycles. The number of rotatable bonds is 4. The maximum Gasteiger partial charge on any atom is 0.287 e. The molecule has 3 heterocycles. The highest BCUT2D eigenvalue weighted by Gasteiger charge is 2.29. The fourth-order valence-electron chi connectivity index (χ4n) is 3.31. The summed E-state index contributed by atoms with van der Waals surface area (Å²) in [5.74, 6) is 1.04. The molecule has 1 amide bonds. The Morgan fingerprint density at radius 2 is 2.28 bits per heavy atom. The van der Waals surface area contributed by atoms with Crippen LogP contribution in [0.3, 0.4) is 0 Å². The van der Waals surface area contributed by atoms with Crippen molar-refractivity contribution in [1.82, 2.24) is 20.1 Å². The van der Waals surface area contributed by atoms with Crippen molar-refractivity contribution < 1.29 is 9.21 Å². The van der Waals surface area contributed by atoms with E-state index in [0.29, 0.717) is 12.3 Å². The topological polar surface area (TPSA) is 73.0 Å². The minimum Gasteiger partial charge on any atom is -0.455 e. The third kappa shape index (κ3) is 2.73. The van der Waals surface area contributed by atoms with Crippen LogP contribution < -0.4 is 5.32 Å². The molecule has 25 heavy (non-hydrogen) atoms. The molecule has 128 valence electrons. The zero-order valence-corrected chi connectivity index (χ0v) is 14.4. The van der Waals surface area contributed by atoms with E-state index in [1.54, 1.807) is 12.4 Å². The van der Waals surface area contributed by atoms with Crippen LogP contribution in [0.25, 0.3) is 11.3 Å². The Morgan fingerprint density at radius 1 is 1.40 bits per heavy atom. The molecule has 0 spiro atoms. The maximum absolute atomic E-state index is 12.6. The first-order valence-corrected chi connectivity index (χ1v) is 8.53. The average Bonchev–Trinajstić information content (AvgIpc) is 3.21. The Hall–Kier alpha value is -2.89. The molecule has 1 aliphatic rings. The van der Waals surface area contributed by atoms with Crippen molar-refractivity contribution in [3.63, 3.8) is 0 Å². The summed E-state index contributed by atoms with van der Waals surface area (Å²) in [7, 11) is 0. The van der Waals surface area contributed by atoms with Gasteiger partial charge in [-0.15, -0.1) is 0 Å². The predicted octanol–water partition coefficient (Wildman–Crippen LogP) is 2.90. The number of hydrogen-bond donors (Lipinski definition) is 1. The Balaban J connectivity index is 1.61. The van der Waals surface area contributed by atoms with Gasteiger partial charge in [0.05, 0.1) is 5.69 Å². The molecule has 0 radical (unpaired) electrons. The van der Waals surface area contributed by atoms with E-state index in [9.17, 15) is 4.79 Å². The van der Waals surface area contributed by atoms with Crippen molar-refractivity contribution in [2.75, 3.05) is 0 Å². The lowest BCUT2D eigenvalue weighted by Gasteiger charge is -2.09. The first-order chi connectivity index (χ1) is 12.2. The van der Waals surface area contributed by atoms with Gasteiger partial charge in [-0.3, -0.25) is 14.5 Å². The standard InChI is InChI=1S/C19H20N4O2/c1-3-23-11-14-6-7-15-16(17(14)22-23)12(2)18(25-15)19(24)21-10-13-5-4-8-20-9-13/h4-5,8-9,11H,3,6-7,10H2,1-2H3,(H,21,24). The molecule has 0 fully saturated rings. The van der Waals surface area contributed by atoms with Crippen molar-refractivity contribution >= 4 is 5.91 Å². The Morgan fingerprint density at radius 3 is 3.04 bits per heavy atom. The molecule has 1 aliphatic carbocycles. The lowest BCUT2D eigenvalue weighted by atomic mass is 9.93. The van der Waals surface area contributed by atoms with Crippen LogP contribution >= 0.6 is 0 Å². The highest BCUT2D eigenvalue weighted by molar-refractivity contribution is 5.95. The molecule has 6 heteroatoms. The summed E-state index contributed by atoms with van der Waals surface area (Å²) in [6, 6.07) is 3.78. The Kier molecular flexibility index (Phi) is 3.87. The summed E-state index contributed by atoms with van der Waals surface area (Å²) < 4.78 is 7.85. The first-order valence-electron chi connectivity index (χ1n) is 8.53. The quantitative estimate of drug-likeness (QED) is 0.795. The fourth-order valence-corrected chi connectivity index (χ4v) is 3.31. The van der Waals surface area contributed by atoms with Gasteiger partial charge >= 0.3 is 0 Å². The second kappa shape index (κ2) is 6.20. The van der Waals surface area contributed by atoms with Gasteiger partial charge in [0.25, 0.3) is 5.91 Å². The van der Waals surface area contributed by atoms with Crippen LogP contribution in [0.5, 0.6) is 0 Å². The van der Waals surface area contributed by atoms with Gasteiger partial charge in [-0.2, -0.15) is 5.10 Å². The Labute approximate surface area is 145 Å². The molecule has 1 N–H and O–H groups in total. The van der Waals surface area contributed by atoms with Crippen LogP contribution in [0.1, 0.15) is 39.9 Å². The molecule has 3 aromatic rings. The second-order valence-electron chi connectivity index (χ2n) is 6.26. The molecule has 4 rings (SSSR count). The summed E-state index contributed by atoms with van der Waals surface area (Å²) in [6.45, 7) is 5.26. The van der Waals surface area contributed by atoms with E-state index >= 15 is 0 Å². The summed E-state index contributed by atoms with van der Waals surface area (Å²) in [4.78, 5) is 16.6. The van der Waals surface area contributed by atoms with Crippen LogP contribution in [0.2, 0.25) is 0 Å². The number of hydrogen-bond acceptors (Lipinski definition) is 4. The maximum atomic E-state index is 12.6. The van der Waals surface area contributed by atoms with Gasteiger partial charge in [0.2, 0.25) is 0 Å². The van der Waals surface area contributed by atoms with Gasteiger partial charge in [0.1, 0.15) is 5.76 Å². The minimum atomic E-state index is -0.202. The minimum absolute atomic E-state index is 0.202. The van der Waals surface area contributed by atoms with Gasteiger partial charge in [-0.25, -0.2) is 0 Å². The summed E-state index contributed by atoms with van der Waals surface area (Å²) in [5.41, 5.74) is 4.98. The Bertz CT molecular complexity index is 925. The third-order valence-corrected chi connectivity index (χ3v) is 4.62. The number of aryl methyl sites for hydroxylation is 3. The number of fused-ring (bicyclic) bond motifs is 3. The molecule has 0 saturated heterocycles. The normalized spacial score (nSPS) is 12.6. The van der Waals surface area contributed by atoms with Crippen molar-refractivity contribution in [3.8, 4) is 11.3 Å². The van der Waals surface area contributed by atoms with Crippen LogP contribution in [0, 0.1) is 6.92 Å². The van der Waals surface area contributed by atoms with Crippen LogP contribution in [-0.2, 0) is 25.9 Å². The number of nitrogens with one attached hydrogen (secondary N) is 1. The molecule has 0 bridgehead atoms. The number of amides is 1. The summed E-state index contributed by atoms with van der Waals surface area (Å²) in [6.07, 6.45) is 7.24. The van der Waals surface area contributed by atoms with E-state index in [0.717, 1.165) is 47.5 Å². The van der Waals surface area contributed by atoms with Crippen molar-refractivity contribution in [2.24, 2.45) is 0 Å². The number of nitrogens with zero attached hydrogens (tertiary/aromatic N) is 3. The van der Waals surface area contributed by atoms with Crippen molar-refractivity contribution in [3.05, 3.63) is 58.9 Å². The molecule has 0 atom stereocenters. The molecular weight excluding hydrogens is 316 g/mol. The summed E-state index contributed by atoms with van der Waals surface area (Å²) >= 11 is 0. The second-order valence-corrected chi connectivity index (χ2v) is 6.26. The third-order valence-electron chi connectivity index (χ3n) is 4.62. The summed E-state index contributed by atoms with van der Waals surface area (Å²) in [5, 5.41) is 7.56. The van der Waals surface area contributed by atoms with Gasteiger partial charge in [0, 0.05) is 49.2 Å². The van der Waals surface area contributed by atoms with E-state index in [1.807, 2.05) is 23.7 Å². The van der Waals surface area contributed by atoms with E-state index in [2.05, 4.69) is 28.5 Å². The van der Waals surface area contributed by atoms with Crippen LogP contribution in [0.15, 0.2) is 35.1 Å². The highest BCUT2D eigenvalue weighted by Crippen LogP contribution is 2.38. The van der Waals surface area contributed by atoms with Gasteiger partial charge in [0.15, 0.2) is 5.76 Å². The number of carbonyl (C=O) groups is 1. The average molecular weight is 336 g/mol. The molecule has 0 aromatic carbocycles. The predicted molar refractivity (Wildman–Crippen MR) is 93.2 cm³/mol.